The van der Waals surface area contributed by atoms with E-state index in [2.05, 4.69) is 20.6 Å². The number of benzene rings is 1. The summed E-state index contributed by atoms with van der Waals surface area (Å²) in [4.78, 5) is 12.1. The predicted octanol–water partition coefficient (Wildman–Crippen LogP) is 1.74. The minimum atomic E-state index is -0.391. The van der Waals surface area contributed by atoms with Gasteiger partial charge in [0.1, 0.15) is 5.69 Å². The molecule has 3 rings (SSSR count). The van der Waals surface area contributed by atoms with Crippen molar-refractivity contribution >= 4 is 11.9 Å². The summed E-state index contributed by atoms with van der Waals surface area (Å²) in [6.07, 6.45) is 1.53. The van der Waals surface area contributed by atoms with E-state index in [4.69, 9.17) is 13.9 Å². The number of carbonyl (C=O) groups excluding carboxylic acids is 1. The van der Waals surface area contributed by atoms with Gasteiger partial charge in [-0.25, -0.2) is 0 Å². The molecule has 0 aliphatic rings. The number of amides is 1. The molecule has 0 radical (unpaired) electrons. The Morgan fingerprint density at radius 2 is 1.96 bits per heavy atom. The van der Waals surface area contributed by atoms with Gasteiger partial charge in [0.25, 0.3) is 5.91 Å². The Morgan fingerprint density at radius 1 is 1.17 bits per heavy atom. The van der Waals surface area contributed by atoms with Gasteiger partial charge >= 0.3 is 6.01 Å². The van der Waals surface area contributed by atoms with Crippen LogP contribution >= 0.6 is 0 Å². The molecule has 124 valence electrons. The molecule has 3 aromatic rings. The molecule has 0 aliphatic carbocycles. The van der Waals surface area contributed by atoms with Gasteiger partial charge in [0.15, 0.2) is 11.5 Å². The molecule has 0 spiro atoms. The number of hydrogen-bond donors (Lipinski definition) is 1. The lowest BCUT2D eigenvalue weighted by atomic mass is 10.2. The van der Waals surface area contributed by atoms with Crippen LogP contribution in [0, 0.1) is 0 Å². The van der Waals surface area contributed by atoms with Crippen LogP contribution in [0.5, 0.6) is 11.5 Å². The largest absolute Gasteiger partial charge is 0.493 e. The molecule has 1 aromatic carbocycles. The number of anilines is 1. The molecule has 0 aliphatic heterocycles. The highest BCUT2D eigenvalue weighted by molar-refractivity contribution is 6.01. The SMILES string of the molecule is COc1ccc(-c2nnc(NC(=O)c3ccnn3C)o2)cc1OC. The molecule has 9 nitrogen and oxygen atoms in total. The second kappa shape index (κ2) is 6.41. The molecule has 24 heavy (non-hydrogen) atoms. The van der Waals surface area contributed by atoms with Crippen molar-refractivity contribution in [2.24, 2.45) is 7.05 Å². The summed E-state index contributed by atoms with van der Waals surface area (Å²) in [7, 11) is 4.75. The van der Waals surface area contributed by atoms with Crippen LogP contribution in [0.25, 0.3) is 11.5 Å². The summed E-state index contributed by atoms with van der Waals surface area (Å²) in [6.45, 7) is 0. The number of carbonyl (C=O) groups is 1. The second-order valence-corrected chi connectivity index (χ2v) is 4.78. The quantitative estimate of drug-likeness (QED) is 0.760. The van der Waals surface area contributed by atoms with Gasteiger partial charge in [0.2, 0.25) is 5.89 Å². The lowest BCUT2D eigenvalue weighted by Gasteiger charge is -2.07. The van der Waals surface area contributed by atoms with E-state index in [0.717, 1.165) is 0 Å². The van der Waals surface area contributed by atoms with Gasteiger partial charge in [-0.3, -0.25) is 14.8 Å². The van der Waals surface area contributed by atoms with Crippen LogP contribution in [0.4, 0.5) is 6.01 Å². The maximum absolute atomic E-state index is 12.1. The van der Waals surface area contributed by atoms with Crippen molar-refractivity contribution in [3.05, 3.63) is 36.2 Å². The Hall–Kier alpha value is -3.36. The van der Waals surface area contributed by atoms with Crippen LogP contribution in [-0.2, 0) is 7.05 Å². The first-order chi connectivity index (χ1) is 11.6. The normalized spacial score (nSPS) is 10.5. The zero-order valence-corrected chi connectivity index (χ0v) is 13.3. The van der Waals surface area contributed by atoms with Gasteiger partial charge in [0.05, 0.1) is 14.2 Å². The summed E-state index contributed by atoms with van der Waals surface area (Å²) in [5.74, 6) is 0.980. The van der Waals surface area contributed by atoms with Gasteiger partial charge in [-0.15, -0.1) is 5.10 Å². The fourth-order valence-electron chi connectivity index (χ4n) is 2.12. The molecule has 0 atom stereocenters. The number of aryl methyl sites for hydroxylation is 1. The monoisotopic (exact) mass is 329 g/mol. The van der Waals surface area contributed by atoms with E-state index in [0.29, 0.717) is 22.8 Å². The highest BCUT2D eigenvalue weighted by Gasteiger charge is 2.16. The highest BCUT2D eigenvalue weighted by atomic mass is 16.5. The third kappa shape index (κ3) is 2.91. The number of hydrogen-bond acceptors (Lipinski definition) is 7. The molecule has 2 aromatic heterocycles. The number of ether oxygens (including phenoxy) is 2. The minimum absolute atomic E-state index is 0.00835. The molecule has 0 unspecified atom stereocenters. The van der Waals surface area contributed by atoms with Crippen LogP contribution in [0.2, 0.25) is 0 Å². The van der Waals surface area contributed by atoms with Crippen molar-refractivity contribution in [3.63, 3.8) is 0 Å². The zero-order chi connectivity index (χ0) is 17.1. The molecular formula is C15H15N5O4. The van der Waals surface area contributed by atoms with E-state index in [1.165, 1.54) is 18.0 Å². The highest BCUT2D eigenvalue weighted by Crippen LogP contribution is 2.32. The Bertz CT molecular complexity index is 870. The van der Waals surface area contributed by atoms with Crippen molar-refractivity contribution in [3.8, 4) is 23.0 Å². The molecule has 9 heteroatoms. The van der Waals surface area contributed by atoms with Gasteiger partial charge < -0.3 is 13.9 Å². The predicted molar refractivity (Wildman–Crippen MR) is 84.0 cm³/mol. The van der Waals surface area contributed by atoms with Crippen LogP contribution in [-0.4, -0.2) is 40.1 Å². The summed E-state index contributed by atoms with van der Waals surface area (Å²) < 4.78 is 17.3. The average molecular weight is 329 g/mol. The summed E-state index contributed by atoms with van der Waals surface area (Å²) in [5, 5.41) is 14.2. The van der Waals surface area contributed by atoms with Gasteiger partial charge in [-0.05, 0) is 24.3 Å². The number of aromatic nitrogens is 4. The van der Waals surface area contributed by atoms with Crippen LogP contribution < -0.4 is 14.8 Å². The second-order valence-electron chi connectivity index (χ2n) is 4.78. The topological polar surface area (TPSA) is 104 Å². The van der Waals surface area contributed by atoms with E-state index in [1.54, 1.807) is 38.4 Å². The number of nitrogens with zero attached hydrogens (tertiary/aromatic N) is 4. The van der Waals surface area contributed by atoms with Crippen LogP contribution in [0.1, 0.15) is 10.5 Å². The van der Waals surface area contributed by atoms with E-state index in [-0.39, 0.29) is 11.9 Å². The zero-order valence-electron chi connectivity index (χ0n) is 13.3. The number of rotatable bonds is 5. The maximum atomic E-state index is 12.1. The Labute approximate surface area is 137 Å². The average Bonchev–Trinajstić information content (AvgIpc) is 3.23. The third-order valence-electron chi connectivity index (χ3n) is 3.33. The number of methoxy groups -OCH3 is 2. The minimum Gasteiger partial charge on any atom is -0.493 e. The smallest absolute Gasteiger partial charge is 0.322 e. The van der Waals surface area contributed by atoms with Crippen molar-refractivity contribution in [2.45, 2.75) is 0 Å². The first-order valence-electron chi connectivity index (χ1n) is 6.97. The van der Waals surface area contributed by atoms with Gasteiger partial charge in [-0.1, -0.05) is 5.10 Å². The van der Waals surface area contributed by atoms with Crippen molar-refractivity contribution in [2.75, 3.05) is 19.5 Å². The Balaban J connectivity index is 1.81. The van der Waals surface area contributed by atoms with Gasteiger partial charge in [0, 0.05) is 18.8 Å². The standard InChI is InChI=1S/C15H15N5O4/c1-20-10(6-7-16-20)13(21)17-15-19-18-14(24-15)9-4-5-11(22-2)12(8-9)23-3/h4-8H,1-3H3,(H,17,19,21). The van der Waals surface area contributed by atoms with E-state index in [9.17, 15) is 4.79 Å². The Morgan fingerprint density at radius 3 is 2.62 bits per heavy atom. The summed E-state index contributed by atoms with van der Waals surface area (Å²) in [5.41, 5.74) is 1.02. The number of nitrogens with one attached hydrogen (secondary N) is 1. The molecule has 0 saturated heterocycles. The molecule has 0 saturated carbocycles. The third-order valence-corrected chi connectivity index (χ3v) is 3.33. The van der Waals surface area contributed by atoms with Crippen molar-refractivity contribution < 1.29 is 18.7 Å². The van der Waals surface area contributed by atoms with Crippen LogP contribution in [0.15, 0.2) is 34.9 Å². The fourth-order valence-corrected chi connectivity index (χ4v) is 2.12. The summed E-state index contributed by atoms with van der Waals surface area (Å²) >= 11 is 0. The molecule has 1 N–H and O–H groups in total. The Kier molecular flexibility index (Phi) is 4.15. The molecule has 0 bridgehead atoms. The van der Waals surface area contributed by atoms with Crippen LogP contribution in [0.3, 0.4) is 0 Å². The fraction of sp³-hybridized carbons (Fsp3) is 0.200. The van der Waals surface area contributed by atoms with Crippen molar-refractivity contribution in [1.29, 1.82) is 0 Å². The van der Waals surface area contributed by atoms with Crippen molar-refractivity contribution in [1.82, 2.24) is 20.0 Å². The van der Waals surface area contributed by atoms with E-state index < -0.39 is 5.91 Å². The maximum Gasteiger partial charge on any atom is 0.322 e. The molecular weight excluding hydrogens is 314 g/mol. The first kappa shape index (κ1) is 15.5. The first-order valence-corrected chi connectivity index (χ1v) is 6.97. The molecule has 1 amide bonds. The summed E-state index contributed by atoms with van der Waals surface area (Å²) in [6, 6.07) is 6.76. The lowest BCUT2D eigenvalue weighted by Crippen LogP contribution is -2.16. The van der Waals surface area contributed by atoms with Gasteiger partial charge in [-0.2, -0.15) is 5.10 Å². The molecule has 0 fully saturated rings. The van der Waals surface area contributed by atoms with E-state index >= 15 is 0 Å². The molecule has 2 heterocycles. The lowest BCUT2D eigenvalue weighted by molar-refractivity contribution is 0.101. The van der Waals surface area contributed by atoms with E-state index in [1.807, 2.05) is 0 Å².